The Kier molecular flexibility index (Phi) is 9.30. The van der Waals surface area contributed by atoms with Gasteiger partial charge in [0.05, 0.1) is 33.0 Å². The van der Waals surface area contributed by atoms with E-state index in [1.165, 1.54) is 22.3 Å². The van der Waals surface area contributed by atoms with Gasteiger partial charge in [0, 0.05) is 19.1 Å². The maximum Gasteiger partial charge on any atom is 0.407 e. The Balaban J connectivity index is 1.27. The van der Waals surface area contributed by atoms with Crippen LogP contribution in [0.15, 0.2) is 53.5 Å². The molecule has 1 aliphatic rings. The minimum atomic E-state index is -0.588. The molecule has 1 N–H and O–H groups in total. The maximum atomic E-state index is 12.1. The van der Waals surface area contributed by atoms with Crippen LogP contribution < -0.4 is 10.4 Å². The summed E-state index contributed by atoms with van der Waals surface area (Å²) in [6, 6.07) is 16.4. The fraction of sp³-hybridized carbons (Fsp3) is 0.462. The number of alkyl carbamates (subject to hydrolysis) is 1. The molecule has 8 heteroatoms. The van der Waals surface area contributed by atoms with E-state index in [-0.39, 0.29) is 19.1 Å². The highest BCUT2D eigenvalue weighted by Gasteiger charge is 2.26. The molecular weight excluding hydrogens is 436 g/mol. The van der Waals surface area contributed by atoms with Crippen molar-refractivity contribution in [3.05, 3.63) is 59.7 Å². The van der Waals surface area contributed by atoms with Crippen LogP contribution in [0.4, 0.5) is 4.79 Å². The van der Waals surface area contributed by atoms with Gasteiger partial charge >= 0.3 is 6.09 Å². The van der Waals surface area contributed by atoms with Crippen LogP contribution in [0, 0.1) is 0 Å². The summed E-state index contributed by atoms with van der Waals surface area (Å²) < 4.78 is 21.3. The van der Waals surface area contributed by atoms with Gasteiger partial charge in [-0.05, 0) is 43.0 Å². The van der Waals surface area contributed by atoms with Crippen LogP contribution in [0.25, 0.3) is 11.1 Å². The second-order valence-electron chi connectivity index (χ2n) is 8.84. The first-order chi connectivity index (χ1) is 16.3. The molecule has 0 atom stereocenters. The van der Waals surface area contributed by atoms with E-state index in [9.17, 15) is 9.90 Å². The van der Waals surface area contributed by atoms with E-state index in [1.54, 1.807) is 20.8 Å². The molecule has 0 fully saturated rings. The number of nitrogens with one attached hydrogen (secondary N) is 1. The van der Waals surface area contributed by atoms with Gasteiger partial charge in [-0.3, -0.25) is 4.99 Å². The minimum absolute atomic E-state index is 0.0183. The zero-order valence-corrected chi connectivity index (χ0v) is 20.0. The van der Waals surface area contributed by atoms with Gasteiger partial charge in [0.1, 0.15) is 11.7 Å². The Labute approximate surface area is 200 Å². The van der Waals surface area contributed by atoms with Gasteiger partial charge in [0.2, 0.25) is 0 Å². The van der Waals surface area contributed by atoms with Gasteiger partial charge in [-0.2, -0.15) is 0 Å². The van der Waals surface area contributed by atoms with Crippen LogP contribution in [0.1, 0.15) is 37.8 Å². The maximum absolute atomic E-state index is 12.1. The van der Waals surface area contributed by atoms with Crippen molar-refractivity contribution in [2.24, 2.45) is 4.99 Å². The predicted octanol–water partition coefficient (Wildman–Crippen LogP) is 3.09. The molecule has 2 aromatic carbocycles. The molecule has 0 saturated heterocycles. The lowest BCUT2D eigenvalue weighted by Crippen LogP contribution is -2.34. The second-order valence-corrected chi connectivity index (χ2v) is 8.84. The van der Waals surface area contributed by atoms with Crippen molar-refractivity contribution < 1.29 is 28.8 Å². The summed E-state index contributed by atoms with van der Waals surface area (Å²) >= 11 is 0. The zero-order chi connectivity index (χ0) is 24.4. The van der Waals surface area contributed by atoms with Crippen LogP contribution in [-0.4, -0.2) is 63.9 Å². The molecule has 0 radical (unpaired) electrons. The normalized spacial score (nSPS) is 13.3. The highest BCUT2D eigenvalue weighted by molar-refractivity contribution is 5.79. The number of fused-ring (bicyclic) bond motifs is 3. The first-order valence-electron chi connectivity index (χ1n) is 11.5. The zero-order valence-electron chi connectivity index (χ0n) is 20.0. The van der Waals surface area contributed by atoms with E-state index in [2.05, 4.69) is 34.6 Å². The standard InChI is InChI=1S/C26H34N2O6/c1-26(2,3)34-25(30)28-13-15-32-17-16-31-14-12-27-24(29)33-18-23-21-10-6-4-8-19(21)20-9-5-7-11-22(20)23/h4-11,23H,12-18H2,1-3H3,(H,27,29)(H,28,30)/p-1. The summed E-state index contributed by atoms with van der Waals surface area (Å²) in [5.41, 5.74) is 4.19. The first kappa shape index (κ1) is 25.5. The van der Waals surface area contributed by atoms with E-state index in [4.69, 9.17) is 18.9 Å². The smallest absolute Gasteiger partial charge is 0.407 e. The molecule has 1 amide bonds. The van der Waals surface area contributed by atoms with Gasteiger partial charge in [-0.1, -0.05) is 48.5 Å². The third kappa shape index (κ3) is 7.74. The summed E-state index contributed by atoms with van der Waals surface area (Å²) in [5, 5.41) is 14.7. The Morgan fingerprint density at radius 3 is 2.15 bits per heavy atom. The van der Waals surface area contributed by atoms with Gasteiger partial charge in [-0.15, -0.1) is 0 Å². The molecule has 0 heterocycles. The van der Waals surface area contributed by atoms with Crippen LogP contribution >= 0.6 is 0 Å². The number of aliphatic imine (C=N–C) groups is 1. The molecule has 0 saturated carbocycles. The van der Waals surface area contributed by atoms with E-state index in [1.807, 2.05) is 24.3 Å². The Morgan fingerprint density at radius 1 is 0.941 bits per heavy atom. The second kappa shape index (κ2) is 12.4. The third-order valence-corrected chi connectivity index (χ3v) is 5.10. The Morgan fingerprint density at radius 2 is 1.53 bits per heavy atom. The van der Waals surface area contributed by atoms with E-state index in [0.717, 1.165) is 0 Å². The number of ether oxygens (including phenoxy) is 4. The van der Waals surface area contributed by atoms with Crippen molar-refractivity contribution in [3.8, 4) is 11.1 Å². The SMILES string of the molecule is CC(C)(C)OC(=O)NCCOCCOCCN=C([O-])OCC1c2ccccc2-c2ccccc21. The van der Waals surface area contributed by atoms with Gasteiger partial charge in [0.25, 0.3) is 0 Å². The first-order valence-corrected chi connectivity index (χ1v) is 11.5. The van der Waals surface area contributed by atoms with Crippen LogP contribution in [0.2, 0.25) is 0 Å². The monoisotopic (exact) mass is 469 g/mol. The van der Waals surface area contributed by atoms with Gasteiger partial charge in [0.15, 0.2) is 0 Å². The molecule has 0 aliphatic heterocycles. The van der Waals surface area contributed by atoms with Gasteiger partial charge < -0.3 is 29.4 Å². The number of benzene rings is 2. The van der Waals surface area contributed by atoms with Crippen molar-refractivity contribution in [2.45, 2.75) is 32.3 Å². The third-order valence-electron chi connectivity index (χ3n) is 5.10. The fourth-order valence-electron chi connectivity index (χ4n) is 3.70. The van der Waals surface area contributed by atoms with Crippen LogP contribution in [-0.2, 0) is 18.9 Å². The lowest BCUT2D eigenvalue weighted by molar-refractivity contribution is -0.251. The van der Waals surface area contributed by atoms with Crippen LogP contribution in [0.3, 0.4) is 0 Å². The molecule has 8 nitrogen and oxygen atoms in total. The summed E-state index contributed by atoms with van der Waals surface area (Å²) in [7, 11) is 0. The lowest BCUT2D eigenvalue weighted by Gasteiger charge is -2.21. The van der Waals surface area contributed by atoms with Crippen molar-refractivity contribution in [1.82, 2.24) is 5.32 Å². The number of amides is 1. The topological polar surface area (TPSA) is 101 Å². The van der Waals surface area contributed by atoms with Crippen molar-refractivity contribution in [2.75, 3.05) is 46.1 Å². The molecule has 2 aromatic rings. The molecule has 0 spiro atoms. The molecular formula is C26H33N2O6-. The molecule has 0 aromatic heterocycles. The molecule has 1 aliphatic carbocycles. The molecule has 34 heavy (non-hydrogen) atoms. The van der Waals surface area contributed by atoms with Crippen molar-refractivity contribution in [1.29, 1.82) is 0 Å². The Hall–Kier alpha value is -3.10. The van der Waals surface area contributed by atoms with Crippen molar-refractivity contribution >= 4 is 12.2 Å². The molecule has 0 unspecified atom stereocenters. The molecule has 0 bridgehead atoms. The number of hydrogen-bond donors (Lipinski definition) is 1. The van der Waals surface area contributed by atoms with E-state index in [0.29, 0.717) is 33.0 Å². The number of carbonyl (C=O) groups excluding carboxylic acids is 1. The molecule has 3 rings (SSSR count). The summed E-state index contributed by atoms with van der Waals surface area (Å²) in [6.45, 7) is 7.64. The average Bonchev–Trinajstić information content (AvgIpc) is 3.11. The predicted molar refractivity (Wildman–Crippen MR) is 128 cm³/mol. The quantitative estimate of drug-likeness (QED) is 0.308. The number of nitrogens with zero attached hydrogens (tertiary/aromatic N) is 1. The van der Waals surface area contributed by atoms with Gasteiger partial charge in [-0.25, -0.2) is 4.79 Å². The Bertz CT molecular complexity index is 924. The van der Waals surface area contributed by atoms with Crippen molar-refractivity contribution in [3.63, 3.8) is 0 Å². The largest absolute Gasteiger partial charge is 0.599 e. The highest BCUT2D eigenvalue weighted by atomic mass is 16.6. The summed E-state index contributed by atoms with van der Waals surface area (Å²) in [6.07, 6.45) is -1.06. The minimum Gasteiger partial charge on any atom is -0.599 e. The number of carbonyl (C=O) groups is 1. The average molecular weight is 470 g/mol. The molecule has 184 valence electrons. The number of hydrogen-bond acceptors (Lipinski definition) is 7. The fourth-order valence-corrected chi connectivity index (χ4v) is 3.70. The number of rotatable bonds is 11. The van der Waals surface area contributed by atoms with Crippen LogP contribution in [0.5, 0.6) is 0 Å². The highest BCUT2D eigenvalue weighted by Crippen LogP contribution is 2.44. The summed E-state index contributed by atoms with van der Waals surface area (Å²) in [4.78, 5) is 15.4. The van der Waals surface area contributed by atoms with E-state index >= 15 is 0 Å². The summed E-state index contributed by atoms with van der Waals surface area (Å²) in [5.74, 6) is 0.0183. The lowest BCUT2D eigenvalue weighted by atomic mass is 9.98. The van der Waals surface area contributed by atoms with E-state index < -0.39 is 17.8 Å².